The summed E-state index contributed by atoms with van der Waals surface area (Å²) in [7, 11) is 0. The molecule has 0 aliphatic rings. The highest BCUT2D eigenvalue weighted by Gasteiger charge is 2.03. The molecule has 0 amide bonds. The maximum Gasteiger partial charge on any atom is 0.255 e. The van der Waals surface area contributed by atoms with Crippen molar-refractivity contribution in [2.45, 2.75) is 25.0 Å². The third kappa shape index (κ3) is 4.72. The summed E-state index contributed by atoms with van der Waals surface area (Å²) in [5.41, 5.74) is 0. The van der Waals surface area contributed by atoms with E-state index in [2.05, 4.69) is 27.8 Å². The topological polar surface area (TPSA) is 26.0 Å². The number of rotatable bonds is 6. The number of aromatic nitrogens is 1. The van der Waals surface area contributed by atoms with Crippen LogP contribution in [0.25, 0.3) is 0 Å². The minimum atomic E-state index is 0.779. The Labute approximate surface area is 91.6 Å². The maximum atomic E-state index is 5.12. The molecule has 1 atom stereocenters. The summed E-state index contributed by atoms with van der Waals surface area (Å²) in [4.78, 5) is 4.05. The van der Waals surface area contributed by atoms with Gasteiger partial charge in [-0.05, 0) is 18.8 Å². The van der Waals surface area contributed by atoms with Gasteiger partial charge in [-0.15, -0.1) is 0 Å². The fourth-order valence-corrected chi connectivity index (χ4v) is 2.70. The van der Waals surface area contributed by atoms with Crippen LogP contribution in [0.2, 0.25) is 0 Å². The van der Waals surface area contributed by atoms with Crippen LogP contribution in [0.5, 0.6) is 0 Å². The zero-order valence-electron chi connectivity index (χ0n) is 7.70. The highest BCUT2D eigenvalue weighted by atomic mass is 79.9. The quantitative estimate of drug-likeness (QED) is 0.580. The summed E-state index contributed by atoms with van der Waals surface area (Å²) in [6.07, 6.45) is 5.76. The van der Waals surface area contributed by atoms with Crippen molar-refractivity contribution in [3.8, 4) is 0 Å². The summed E-state index contributed by atoms with van der Waals surface area (Å²) in [5, 5.41) is 1.88. The molecular formula is C9H14BrNOS. The van der Waals surface area contributed by atoms with Gasteiger partial charge >= 0.3 is 0 Å². The van der Waals surface area contributed by atoms with Crippen LogP contribution in [0.1, 0.15) is 19.8 Å². The fourth-order valence-electron chi connectivity index (χ4n) is 0.960. The Kier molecular flexibility index (Phi) is 5.55. The Morgan fingerprint density at radius 2 is 2.46 bits per heavy atom. The fraction of sp³-hybridized carbons (Fsp3) is 0.667. The summed E-state index contributed by atoms with van der Waals surface area (Å²) in [6.45, 7) is 2.28. The molecule has 74 valence electrons. The molecule has 0 fully saturated rings. The second-order valence-corrected chi connectivity index (χ2v) is 4.86. The molecule has 0 bridgehead atoms. The van der Waals surface area contributed by atoms with Crippen LogP contribution in [-0.4, -0.2) is 16.1 Å². The first-order valence-corrected chi connectivity index (χ1v) is 6.52. The molecule has 0 saturated carbocycles. The lowest BCUT2D eigenvalue weighted by Gasteiger charge is -2.06. The van der Waals surface area contributed by atoms with Crippen LogP contribution in [0.15, 0.2) is 22.1 Å². The number of hydrogen-bond acceptors (Lipinski definition) is 3. The molecule has 2 nitrogen and oxygen atoms in total. The molecule has 0 spiro atoms. The second kappa shape index (κ2) is 6.49. The van der Waals surface area contributed by atoms with Gasteiger partial charge in [0.05, 0.1) is 6.20 Å². The third-order valence-corrected chi connectivity index (χ3v) is 3.19. The van der Waals surface area contributed by atoms with Gasteiger partial charge in [-0.2, -0.15) is 0 Å². The summed E-state index contributed by atoms with van der Waals surface area (Å²) in [5.74, 6) is 1.87. The van der Waals surface area contributed by atoms with Crippen molar-refractivity contribution in [3.05, 3.63) is 12.5 Å². The first-order valence-electron chi connectivity index (χ1n) is 4.41. The molecule has 0 radical (unpaired) electrons. The SMILES string of the molecule is CC(CCBr)CCSc1ncco1. The van der Waals surface area contributed by atoms with Crippen molar-refractivity contribution in [2.24, 2.45) is 5.92 Å². The molecule has 1 unspecified atom stereocenters. The predicted molar refractivity (Wildman–Crippen MR) is 59.4 cm³/mol. The summed E-state index contributed by atoms with van der Waals surface area (Å²) >= 11 is 5.13. The van der Waals surface area contributed by atoms with Gasteiger partial charge in [0, 0.05) is 11.1 Å². The smallest absolute Gasteiger partial charge is 0.255 e. The molecule has 1 rings (SSSR count). The molecule has 1 heterocycles. The predicted octanol–water partition coefficient (Wildman–Crippen LogP) is 3.58. The number of alkyl halides is 1. The van der Waals surface area contributed by atoms with E-state index in [1.165, 1.54) is 12.8 Å². The van der Waals surface area contributed by atoms with Gasteiger partial charge in [0.1, 0.15) is 6.26 Å². The van der Waals surface area contributed by atoms with E-state index in [0.717, 1.165) is 22.2 Å². The van der Waals surface area contributed by atoms with Crippen molar-refractivity contribution in [1.29, 1.82) is 0 Å². The number of halogens is 1. The first kappa shape index (κ1) is 11.1. The van der Waals surface area contributed by atoms with Crippen LogP contribution in [0, 0.1) is 5.92 Å². The Bertz CT molecular complexity index is 215. The Hall–Kier alpha value is 0.0400. The van der Waals surface area contributed by atoms with Crippen LogP contribution in [0.3, 0.4) is 0 Å². The molecule has 4 heteroatoms. The first-order chi connectivity index (χ1) is 6.33. The van der Waals surface area contributed by atoms with Gasteiger partial charge in [-0.1, -0.05) is 34.6 Å². The van der Waals surface area contributed by atoms with Crippen molar-refractivity contribution in [3.63, 3.8) is 0 Å². The Balaban J connectivity index is 2.07. The zero-order valence-corrected chi connectivity index (χ0v) is 10.1. The van der Waals surface area contributed by atoms with Gasteiger partial charge in [0.2, 0.25) is 0 Å². The molecule has 1 aromatic rings. The van der Waals surface area contributed by atoms with Gasteiger partial charge in [-0.25, -0.2) is 4.98 Å². The van der Waals surface area contributed by atoms with Crippen LogP contribution >= 0.6 is 27.7 Å². The minimum absolute atomic E-state index is 0.779. The molecule has 13 heavy (non-hydrogen) atoms. The maximum absolute atomic E-state index is 5.12. The Morgan fingerprint density at radius 1 is 1.62 bits per heavy atom. The van der Waals surface area contributed by atoms with Gasteiger partial charge in [0.15, 0.2) is 0 Å². The number of oxazole rings is 1. The average Bonchev–Trinajstić information content (AvgIpc) is 2.57. The summed E-state index contributed by atoms with van der Waals surface area (Å²) in [6, 6.07) is 0. The molecule has 1 aromatic heterocycles. The highest BCUT2D eigenvalue weighted by molar-refractivity contribution is 9.09. The molecule has 0 aliphatic carbocycles. The van der Waals surface area contributed by atoms with Crippen LogP contribution in [-0.2, 0) is 0 Å². The van der Waals surface area contributed by atoms with Crippen LogP contribution in [0.4, 0.5) is 0 Å². The summed E-state index contributed by atoms with van der Waals surface area (Å²) < 4.78 is 5.12. The minimum Gasteiger partial charge on any atom is -0.440 e. The van der Waals surface area contributed by atoms with Crippen molar-refractivity contribution >= 4 is 27.7 Å². The molecular weight excluding hydrogens is 250 g/mol. The number of nitrogens with zero attached hydrogens (tertiary/aromatic N) is 1. The monoisotopic (exact) mass is 263 g/mol. The normalized spacial score (nSPS) is 13.1. The third-order valence-electron chi connectivity index (χ3n) is 1.85. The number of hydrogen-bond donors (Lipinski definition) is 0. The van der Waals surface area contributed by atoms with Crippen LogP contribution < -0.4 is 0 Å². The van der Waals surface area contributed by atoms with Gasteiger partial charge < -0.3 is 4.42 Å². The largest absolute Gasteiger partial charge is 0.440 e. The molecule has 0 saturated heterocycles. The molecule has 0 aliphatic heterocycles. The van der Waals surface area contributed by atoms with E-state index in [1.54, 1.807) is 24.2 Å². The van der Waals surface area contributed by atoms with E-state index in [-0.39, 0.29) is 0 Å². The molecule has 0 N–H and O–H groups in total. The highest BCUT2D eigenvalue weighted by Crippen LogP contribution is 2.19. The van der Waals surface area contributed by atoms with Gasteiger partial charge in [0.25, 0.3) is 5.22 Å². The lowest BCUT2D eigenvalue weighted by molar-refractivity contribution is 0.453. The van der Waals surface area contributed by atoms with E-state index in [4.69, 9.17) is 4.42 Å². The van der Waals surface area contributed by atoms with E-state index in [1.807, 2.05) is 0 Å². The average molecular weight is 264 g/mol. The molecule has 0 aromatic carbocycles. The van der Waals surface area contributed by atoms with E-state index in [9.17, 15) is 0 Å². The van der Waals surface area contributed by atoms with E-state index in [0.29, 0.717) is 0 Å². The van der Waals surface area contributed by atoms with Crippen molar-refractivity contribution in [2.75, 3.05) is 11.1 Å². The lowest BCUT2D eigenvalue weighted by Crippen LogP contribution is -1.96. The number of thioether (sulfide) groups is 1. The second-order valence-electron chi connectivity index (χ2n) is 3.02. The van der Waals surface area contributed by atoms with Crippen molar-refractivity contribution in [1.82, 2.24) is 4.98 Å². The van der Waals surface area contributed by atoms with E-state index < -0.39 is 0 Å². The Morgan fingerprint density at radius 3 is 3.08 bits per heavy atom. The van der Waals surface area contributed by atoms with Gasteiger partial charge in [-0.3, -0.25) is 0 Å². The zero-order chi connectivity index (χ0) is 9.52. The lowest BCUT2D eigenvalue weighted by atomic mass is 10.1. The van der Waals surface area contributed by atoms with E-state index >= 15 is 0 Å². The van der Waals surface area contributed by atoms with Crippen molar-refractivity contribution < 1.29 is 4.42 Å². The standard InChI is InChI=1S/C9H14BrNOS/c1-8(2-4-10)3-7-13-9-11-5-6-12-9/h5-6,8H,2-4,7H2,1H3.